The molecular formula is C13H20N2O3S. The number of hydrogen-bond acceptors (Lipinski definition) is 5. The molecule has 0 saturated heterocycles. The van der Waals surface area contributed by atoms with E-state index in [1.54, 1.807) is 6.07 Å². The summed E-state index contributed by atoms with van der Waals surface area (Å²) in [6.07, 6.45) is 6.29. The minimum absolute atomic E-state index is 0.171. The lowest BCUT2D eigenvalue weighted by Crippen LogP contribution is -2.39. The van der Waals surface area contributed by atoms with Crippen molar-refractivity contribution in [3.63, 3.8) is 0 Å². The van der Waals surface area contributed by atoms with E-state index in [4.69, 9.17) is 0 Å². The van der Waals surface area contributed by atoms with Crippen molar-refractivity contribution >= 4 is 16.3 Å². The second kappa shape index (κ2) is 6.45. The Morgan fingerprint density at radius 3 is 2.58 bits per heavy atom. The molecule has 1 fully saturated rings. The van der Waals surface area contributed by atoms with Gasteiger partial charge in [-0.15, -0.1) is 0 Å². The molecule has 1 aromatic heterocycles. The smallest absolute Gasteiger partial charge is 0.324 e. The molecule has 0 unspecified atom stereocenters. The van der Waals surface area contributed by atoms with Gasteiger partial charge in [-0.3, -0.25) is 10.1 Å². The Morgan fingerprint density at radius 1 is 1.32 bits per heavy atom. The van der Waals surface area contributed by atoms with Crippen LogP contribution >= 0.6 is 11.3 Å². The molecule has 106 valence electrons. The Bertz CT molecular complexity index is 425. The van der Waals surface area contributed by atoms with Crippen molar-refractivity contribution in [3.8, 4) is 0 Å². The Kier molecular flexibility index (Phi) is 4.90. The standard InChI is InChI=1S/C13H20N2O3S/c16-13(7-3-1-2-4-8-13)10-14-9-11-5-6-12(19-11)15(17)18/h5-6,14,16H,1-4,7-10H2. The van der Waals surface area contributed by atoms with Gasteiger partial charge in [0.05, 0.1) is 10.5 Å². The number of nitrogens with one attached hydrogen (secondary N) is 1. The Hall–Kier alpha value is -0.980. The van der Waals surface area contributed by atoms with Crippen LogP contribution in [0.1, 0.15) is 43.4 Å². The van der Waals surface area contributed by atoms with E-state index >= 15 is 0 Å². The van der Waals surface area contributed by atoms with Gasteiger partial charge >= 0.3 is 5.00 Å². The molecule has 1 aliphatic carbocycles. The zero-order valence-corrected chi connectivity index (χ0v) is 11.7. The van der Waals surface area contributed by atoms with Crippen molar-refractivity contribution in [2.75, 3.05) is 6.54 Å². The third kappa shape index (κ3) is 4.26. The second-order valence-corrected chi connectivity index (χ2v) is 6.39. The summed E-state index contributed by atoms with van der Waals surface area (Å²) >= 11 is 1.19. The van der Waals surface area contributed by atoms with Gasteiger partial charge in [-0.25, -0.2) is 0 Å². The first-order chi connectivity index (χ1) is 9.09. The summed E-state index contributed by atoms with van der Waals surface area (Å²) in [6, 6.07) is 3.30. The van der Waals surface area contributed by atoms with Crippen LogP contribution in [0, 0.1) is 10.1 Å². The van der Waals surface area contributed by atoms with Gasteiger partial charge in [0.25, 0.3) is 0 Å². The van der Waals surface area contributed by atoms with Gasteiger partial charge in [0, 0.05) is 24.0 Å². The van der Waals surface area contributed by atoms with Gasteiger partial charge in [-0.2, -0.15) is 0 Å². The van der Waals surface area contributed by atoms with Gasteiger partial charge in [-0.05, 0) is 18.9 Å². The highest BCUT2D eigenvalue weighted by Crippen LogP contribution is 2.27. The average Bonchev–Trinajstić information content (AvgIpc) is 2.73. The van der Waals surface area contributed by atoms with Gasteiger partial charge in [0.15, 0.2) is 0 Å². The van der Waals surface area contributed by atoms with Crippen molar-refractivity contribution in [2.24, 2.45) is 0 Å². The van der Waals surface area contributed by atoms with E-state index in [1.165, 1.54) is 30.2 Å². The van der Waals surface area contributed by atoms with E-state index in [1.807, 2.05) is 0 Å². The summed E-state index contributed by atoms with van der Waals surface area (Å²) in [7, 11) is 0. The number of thiophene rings is 1. The molecule has 2 rings (SSSR count). The zero-order valence-electron chi connectivity index (χ0n) is 10.9. The lowest BCUT2D eigenvalue weighted by Gasteiger charge is -2.26. The third-order valence-electron chi connectivity index (χ3n) is 3.61. The maximum atomic E-state index is 10.6. The van der Waals surface area contributed by atoms with Crippen LogP contribution in [-0.2, 0) is 6.54 Å². The third-order valence-corrected chi connectivity index (χ3v) is 4.65. The quantitative estimate of drug-likeness (QED) is 0.495. The Labute approximate surface area is 116 Å². The van der Waals surface area contributed by atoms with Crippen LogP contribution in [0.2, 0.25) is 0 Å². The van der Waals surface area contributed by atoms with E-state index in [2.05, 4.69) is 5.32 Å². The minimum Gasteiger partial charge on any atom is -0.389 e. The average molecular weight is 284 g/mol. The fourth-order valence-corrected chi connectivity index (χ4v) is 3.33. The molecular weight excluding hydrogens is 264 g/mol. The zero-order chi connectivity index (χ0) is 13.7. The van der Waals surface area contributed by atoms with Crippen LogP contribution in [0.15, 0.2) is 12.1 Å². The van der Waals surface area contributed by atoms with Gasteiger partial charge in [0.1, 0.15) is 0 Å². The summed E-state index contributed by atoms with van der Waals surface area (Å²) in [6.45, 7) is 1.15. The molecule has 6 heteroatoms. The van der Waals surface area contributed by atoms with Crippen LogP contribution in [-0.4, -0.2) is 22.2 Å². The van der Waals surface area contributed by atoms with Crippen molar-refractivity contribution < 1.29 is 10.0 Å². The lowest BCUT2D eigenvalue weighted by molar-refractivity contribution is -0.380. The molecule has 0 amide bonds. The van der Waals surface area contributed by atoms with Crippen molar-refractivity contribution in [2.45, 2.75) is 50.7 Å². The van der Waals surface area contributed by atoms with Crippen molar-refractivity contribution in [1.82, 2.24) is 5.32 Å². The lowest BCUT2D eigenvalue weighted by atomic mass is 9.94. The van der Waals surface area contributed by atoms with Crippen LogP contribution < -0.4 is 5.32 Å². The van der Waals surface area contributed by atoms with Crippen LogP contribution in [0.5, 0.6) is 0 Å². The molecule has 1 heterocycles. The normalized spacial score (nSPS) is 19.0. The maximum Gasteiger partial charge on any atom is 0.324 e. The van der Waals surface area contributed by atoms with Gasteiger partial charge < -0.3 is 10.4 Å². The SMILES string of the molecule is O=[N+]([O-])c1ccc(CNCC2(O)CCCCCC2)s1. The minimum atomic E-state index is -0.598. The summed E-state index contributed by atoms with van der Waals surface area (Å²) in [4.78, 5) is 11.1. The highest BCUT2D eigenvalue weighted by Gasteiger charge is 2.27. The molecule has 0 atom stereocenters. The molecule has 2 N–H and O–H groups in total. The van der Waals surface area contributed by atoms with E-state index in [9.17, 15) is 15.2 Å². The summed E-state index contributed by atoms with van der Waals surface area (Å²) in [5, 5.41) is 24.4. The topological polar surface area (TPSA) is 75.4 Å². The van der Waals surface area contributed by atoms with E-state index in [-0.39, 0.29) is 9.92 Å². The fraction of sp³-hybridized carbons (Fsp3) is 0.692. The predicted octanol–water partition coefficient (Wildman–Crippen LogP) is 2.83. The first-order valence-electron chi connectivity index (χ1n) is 6.75. The van der Waals surface area contributed by atoms with Crippen LogP contribution in [0.3, 0.4) is 0 Å². The molecule has 5 nitrogen and oxygen atoms in total. The van der Waals surface area contributed by atoms with Crippen LogP contribution in [0.4, 0.5) is 5.00 Å². The van der Waals surface area contributed by atoms with E-state index in [0.717, 1.165) is 30.6 Å². The number of rotatable bonds is 5. The van der Waals surface area contributed by atoms with E-state index in [0.29, 0.717) is 13.1 Å². The van der Waals surface area contributed by atoms with Gasteiger partial charge in [0.2, 0.25) is 0 Å². The number of aliphatic hydroxyl groups is 1. The second-order valence-electron chi connectivity index (χ2n) is 5.24. The first kappa shape index (κ1) is 14.4. The molecule has 1 aromatic rings. The molecule has 0 radical (unpaired) electrons. The van der Waals surface area contributed by atoms with Crippen molar-refractivity contribution in [1.29, 1.82) is 0 Å². The highest BCUT2D eigenvalue weighted by molar-refractivity contribution is 7.15. The largest absolute Gasteiger partial charge is 0.389 e. The summed E-state index contributed by atoms with van der Waals surface area (Å²) < 4.78 is 0. The van der Waals surface area contributed by atoms with E-state index < -0.39 is 5.60 Å². The summed E-state index contributed by atoms with van der Waals surface area (Å²) in [5.41, 5.74) is -0.598. The Balaban J connectivity index is 1.80. The first-order valence-corrected chi connectivity index (χ1v) is 7.57. The molecule has 0 spiro atoms. The number of nitro groups is 1. The summed E-state index contributed by atoms with van der Waals surface area (Å²) in [5.74, 6) is 0. The number of hydrogen-bond donors (Lipinski definition) is 2. The predicted molar refractivity (Wildman–Crippen MR) is 75.3 cm³/mol. The van der Waals surface area contributed by atoms with Crippen LogP contribution in [0.25, 0.3) is 0 Å². The number of nitrogens with zero attached hydrogens (tertiary/aromatic N) is 1. The highest BCUT2D eigenvalue weighted by atomic mass is 32.1. The van der Waals surface area contributed by atoms with Crippen molar-refractivity contribution in [3.05, 3.63) is 27.1 Å². The molecule has 1 saturated carbocycles. The molecule has 19 heavy (non-hydrogen) atoms. The Morgan fingerprint density at radius 2 is 2.00 bits per heavy atom. The fourth-order valence-electron chi connectivity index (χ4n) is 2.54. The molecule has 1 aliphatic rings. The molecule has 0 aromatic carbocycles. The monoisotopic (exact) mass is 284 g/mol. The maximum absolute atomic E-state index is 10.6. The molecule has 0 bridgehead atoms. The van der Waals surface area contributed by atoms with Gasteiger partial charge in [-0.1, -0.05) is 37.0 Å². The molecule has 0 aliphatic heterocycles.